The molecule has 1 aromatic rings. The summed E-state index contributed by atoms with van der Waals surface area (Å²) < 4.78 is 14.0. The molecule has 1 aromatic carbocycles. The summed E-state index contributed by atoms with van der Waals surface area (Å²) in [6.45, 7) is 4.82. The van der Waals surface area contributed by atoms with Gasteiger partial charge in [0.15, 0.2) is 0 Å². The molecule has 1 aliphatic heterocycles. The van der Waals surface area contributed by atoms with Crippen LogP contribution in [-0.2, 0) is 6.54 Å². The van der Waals surface area contributed by atoms with E-state index in [4.69, 9.17) is 0 Å². The Bertz CT molecular complexity index is 395. The van der Waals surface area contributed by atoms with Gasteiger partial charge in [-0.05, 0) is 30.4 Å². The average molecular weight is 234 g/mol. The Labute approximate surface area is 102 Å². The highest BCUT2D eigenvalue weighted by atomic mass is 19.1. The van der Waals surface area contributed by atoms with E-state index >= 15 is 0 Å². The molecule has 1 saturated heterocycles. The van der Waals surface area contributed by atoms with Crippen molar-refractivity contribution in [3.05, 3.63) is 35.1 Å². The normalized spacial score (nSPS) is 21.7. The standard InChI is InChI=1S/C14H19FN2/c15-14-9-12(11-1-2-11)3-4-13(14)10-17-7-5-16-6-8-17/h3-4,9,11,16H,1-2,5-8,10H2. The first kappa shape index (κ1) is 11.2. The molecule has 3 heteroatoms. The van der Waals surface area contributed by atoms with Gasteiger partial charge in [-0.2, -0.15) is 0 Å². The maximum Gasteiger partial charge on any atom is 0.127 e. The van der Waals surface area contributed by atoms with Gasteiger partial charge >= 0.3 is 0 Å². The van der Waals surface area contributed by atoms with Crippen LogP contribution in [0.1, 0.15) is 29.9 Å². The summed E-state index contributed by atoms with van der Waals surface area (Å²) in [5, 5.41) is 3.31. The molecule has 1 N–H and O–H groups in total. The average Bonchev–Trinajstić information content (AvgIpc) is 3.17. The maximum atomic E-state index is 14.0. The number of halogens is 1. The maximum absolute atomic E-state index is 14.0. The fourth-order valence-electron chi connectivity index (χ4n) is 2.47. The molecule has 3 rings (SSSR count). The van der Waals surface area contributed by atoms with E-state index in [1.807, 2.05) is 6.07 Å². The fourth-order valence-corrected chi connectivity index (χ4v) is 2.47. The van der Waals surface area contributed by atoms with Crippen LogP contribution >= 0.6 is 0 Å². The first-order valence-electron chi connectivity index (χ1n) is 6.54. The second kappa shape index (κ2) is 4.75. The SMILES string of the molecule is Fc1cc(C2CC2)ccc1CN1CCNCC1. The molecule has 0 atom stereocenters. The number of nitrogens with zero attached hydrogens (tertiary/aromatic N) is 1. The second-order valence-corrected chi connectivity index (χ2v) is 5.15. The van der Waals surface area contributed by atoms with Gasteiger partial charge in [-0.25, -0.2) is 4.39 Å². The van der Waals surface area contributed by atoms with Crippen LogP contribution in [0.2, 0.25) is 0 Å². The third-order valence-electron chi connectivity index (χ3n) is 3.73. The summed E-state index contributed by atoms with van der Waals surface area (Å²) in [6.07, 6.45) is 2.47. The van der Waals surface area contributed by atoms with Crippen molar-refractivity contribution in [2.45, 2.75) is 25.3 Å². The third kappa shape index (κ3) is 2.67. The van der Waals surface area contributed by atoms with Gasteiger partial charge < -0.3 is 5.32 Å². The first-order chi connectivity index (χ1) is 8.33. The van der Waals surface area contributed by atoms with Gasteiger partial charge in [-0.3, -0.25) is 4.90 Å². The zero-order valence-electron chi connectivity index (χ0n) is 10.1. The molecule has 1 aliphatic carbocycles. The molecule has 1 heterocycles. The summed E-state index contributed by atoms with van der Waals surface area (Å²) in [5.74, 6) is 0.616. The summed E-state index contributed by atoms with van der Waals surface area (Å²) in [6, 6.07) is 5.83. The highest BCUT2D eigenvalue weighted by molar-refractivity contribution is 5.29. The van der Waals surface area contributed by atoms with E-state index in [1.54, 1.807) is 6.07 Å². The zero-order chi connectivity index (χ0) is 11.7. The summed E-state index contributed by atoms with van der Waals surface area (Å²) >= 11 is 0. The van der Waals surface area contributed by atoms with E-state index < -0.39 is 0 Å². The summed E-state index contributed by atoms with van der Waals surface area (Å²) in [7, 11) is 0. The molecule has 0 bridgehead atoms. The number of benzene rings is 1. The molecule has 0 spiro atoms. The summed E-state index contributed by atoms with van der Waals surface area (Å²) in [4.78, 5) is 2.31. The molecule has 17 heavy (non-hydrogen) atoms. The van der Waals surface area contributed by atoms with E-state index in [0.717, 1.165) is 38.3 Å². The second-order valence-electron chi connectivity index (χ2n) is 5.15. The number of hydrogen-bond acceptors (Lipinski definition) is 2. The van der Waals surface area contributed by atoms with Crippen molar-refractivity contribution in [1.82, 2.24) is 10.2 Å². The van der Waals surface area contributed by atoms with Gasteiger partial charge in [0.05, 0.1) is 0 Å². The van der Waals surface area contributed by atoms with Gasteiger partial charge in [0.25, 0.3) is 0 Å². The molecule has 92 valence electrons. The van der Waals surface area contributed by atoms with Crippen molar-refractivity contribution in [1.29, 1.82) is 0 Å². The first-order valence-corrected chi connectivity index (χ1v) is 6.54. The largest absolute Gasteiger partial charge is 0.314 e. The highest BCUT2D eigenvalue weighted by Gasteiger charge is 2.24. The van der Waals surface area contributed by atoms with E-state index in [0.29, 0.717) is 5.92 Å². The van der Waals surface area contributed by atoms with Crippen molar-refractivity contribution < 1.29 is 4.39 Å². The molecule has 0 radical (unpaired) electrons. The lowest BCUT2D eigenvalue weighted by molar-refractivity contribution is 0.230. The molecular weight excluding hydrogens is 215 g/mol. The number of piperazine rings is 1. The van der Waals surface area contributed by atoms with Crippen LogP contribution in [-0.4, -0.2) is 31.1 Å². The molecule has 1 saturated carbocycles. The Morgan fingerprint density at radius 3 is 2.65 bits per heavy atom. The highest BCUT2D eigenvalue weighted by Crippen LogP contribution is 2.40. The number of nitrogens with one attached hydrogen (secondary N) is 1. The Morgan fingerprint density at radius 1 is 1.24 bits per heavy atom. The Balaban J connectivity index is 1.69. The predicted octanol–water partition coefficient (Wildman–Crippen LogP) is 2.11. The minimum absolute atomic E-state index is 0.0204. The van der Waals surface area contributed by atoms with Gasteiger partial charge in [0.1, 0.15) is 5.82 Å². The van der Waals surface area contributed by atoms with E-state index in [9.17, 15) is 4.39 Å². The van der Waals surface area contributed by atoms with Crippen LogP contribution in [0.15, 0.2) is 18.2 Å². The minimum atomic E-state index is -0.0204. The van der Waals surface area contributed by atoms with E-state index in [2.05, 4.69) is 16.3 Å². The van der Waals surface area contributed by atoms with Crippen LogP contribution in [0.5, 0.6) is 0 Å². The van der Waals surface area contributed by atoms with Crippen LogP contribution in [0.3, 0.4) is 0 Å². The monoisotopic (exact) mass is 234 g/mol. The van der Waals surface area contributed by atoms with Crippen LogP contribution in [0, 0.1) is 5.82 Å². The Kier molecular flexibility index (Phi) is 3.12. The van der Waals surface area contributed by atoms with Crippen molar-refractivity contribution in [2.75, 3.05) is 26.2 Å². The smallest absolute Gasteiger partial charge is 0.127 e. The van der Waals surface area contributed by atoms with Crippen molar-refractivity contribution >= 4 is 0 Å². The zero-order valence-corrected chi connectivity index (χ0v) is 10.1. The Morgan fingerprint density at radius 2 is 2.00 bits per heavy atom. The number of hydrogen-bond donors (Lipinski definition) is 1. The quantitative estimate of drug-likeness (QED) is 0.861. The summed E-state index contributed by atoms with van der Waals surface area (Å²) in [5.41, 5.74) is 2.03. The fraction of sp³-hybridized carbons (Fsp3) is 0.571. The molecule has 0 aromatic heterocycles. The lowest BCUT2D eigenvalue weighted by Gasteiger charge is -2.27. The van der Waals surface area contributed by atoms with Crippen molar-refractivity contribution in [2.24, 2.45) is 0 Å². The minimum Gasteiger partial charge on any atom is -0.314 e. The molecule has 0 amide bonds. The van der Waals surface area contributed by atoms with Gasteiger partial charge in [-0.1, -0.05) is 12.1 Å². The third-order valence-corrected chi connectivity index (χ3v) is 3.73. The van der Waals surface area contributed by atoms with Gasteiger partial charge in [0, 0.05) is 38.3 Å². The van der Waals surface area contributed by atoms with E-state index in [1.165, 1.54) is 18.4 Å². The van der Waals surface area contributed by atoms with Crippen LogP contribution < -0.4 is 5.32 Å². The van der Waals surface area contributed by atoms with Crippen molar-refractivity contribution in [3.8, 4) is 0 Å². The predicted molar refractivity (Wildman–Crippen MR) is 66.5 cm³/mol. The molecule has 2 aliphatic rings. The molecular formula is C14H19FN2. The van der Waals surface area contributed by atoms with Gasteiger partial charge in [-0.15, -0.1) is 0 Å². The van der Waals surface area contributed by atoms with Crippen LogP contribution in [0.25, 0.3) is 0 Å². The molecule has 2 fully saturated rings. The lowest BCUT2D eigenvalue weighted by Crippen LogP contribution is -2.43. The van der Waals surface area contributed by atoms with Gasteiger partial charge in [0.2, 0.25) is 0 Å². The Hall–Kier alpha value is -0.930. The topological polar surface area (TPSA) is 15.3 Å². The van der Waals surface area contributed by atoms with Crippen molar-refractivity contribution in [3.63, 3.8) is 0 Å². The van der Waals surface area contributed by atoms with E-state index in [-0.39, 0.29) is 5.82 Å². The number of rotatable bonds is 3. The molecule has 0 unspecified atom stereocenters. The lowest BCUT2D eigenvalue weighted by atomic mass is 10.1. The van der Waals surface area contributed by atoms with Crippen LogP contribution in [0.4, 0.5) is 4.39 Å². The molecule has 2 nitrogen and oxygen atoms in total.